The van der Waals surface area contributed by atoms with Crippen LogP contribution in [0.1, 0.15) is 11.1 Å². The van der Waals surface area contributed by atoms with Gasteiger partial charge in [-0.2, -0.15) is 0 Å². The lowest BCUT2D eigenvalue weighted by molar-refractivity contribution is -0.338. The van der Waals surface area contributed by atoms with Crippen LogP contribution in [0.5, 0.6) is 17.2 Å². The van der Waals surface area contributed by atoms with Gasteiger partial charge in [-0.3, -0.25) is 5.32 Å². The average molecular weight is 409 g/mol. The van der Waals surface area contributed by atoms with Gasteiger partial charge < -0.3 is 39.7 Å². The van der Waals surface area contributed by atoms with Crippen LogP contribution in [0.4, 0.5) is 0 Å². The molecule has 0 amide bonds. The summed E-state index contributed by atoms with van der Waals surface area (Å²) in [5.74, 6) is -4.35. The van der Waals surface area contributed by atoms with Crippen LogP contribution < -0.4 is 19.5 Å². The number of rotatable bonds is 10. The Hall–Kier alpha value is -2.40. The number of hydrogen-bond donors (Lipinski definition) is 6. The summed E-state index contributed by atoms with van der Waals surface area (Å²) in [5, 5.41) is 52.6. The molecule has 29 heavy (non-hydrogen) atoms. The van der Waals surface area contributed by atoms with E-state index in [0.717, 1.165) is 5.56 Å². The Morgan fingerprint density at radius 3 is 2.28 bits per heavy atom. The van der Waals surface area contributed by atoms with Crippen LogP contribution in [0.3, 0.4) is 0 Å². The predicted molar refractivity (Wildman–Crippen MR) is 103 cm³/mol. The molecule has 160 valence electrons. The van der Waals surface area contributed by atoms with Gasteiger partial charge in [0.05, 0.1) is 14.2 Å². The minimum Gasteiger partial charge on any atom is -0.493 e. The smallest absolute Gasteiger partial charge is 0.350 e. The maximum Gasteiger partial charge on any atom is 0.350 e. The van der Waals surface area contributed by atoms with Crippen LogP contribution in [0, 0.1) is 6.92 Å². The molecule has 0 radical (unpaired) electrons. The van der Waals surface area contributed by atoms with E-state index in [2.05, 4.69) is 5.32 Å². The van der Waals surface area contributed by atoms with Crippen LogP contribution in [0.25, 0.3) is 0 Å². The fourth-order valence-electron chi connectivity index (χ4n) is 2.65. The van der Waals surface area contributed by atoms with E-state index in [0.29, 0.717) is 17.1 Å². The lowest BCUT2D eigenvalue weighted by atomic mass is 10.1. The Kier molecular flexibility index (Phi) is 7.42. The minimum absolute atomic E-state index is 0.138. The van der Waals surface area contributed by atoms with Crippen molar-refractivity contribution in [1.29, 1.82) is 0 Å². The fourth-order valence-corrected chi connectivity index (χ4v) is 2.65. The Labute approximate surface area is 168 Å². The predicted octanol–water partition coefficient (Wildman–Crippen LogP) is -0.139. The second kappa shape index (κ2) is 9.40. The zero-order valence-electron chi connectivity index (χ0n) is 16.5. The van der Waals surface area contributed by atoms with E-state index < -0.39 is 24.5 Å². The molecule has 0 saturated carbocycles. The molecule has 0 bridgehead atoms. The maximum absolute atomic E-state index is 10.2. The molecule has 0 saturated heterocycles. The van der Waals surface area contributed by atoms with Gasteiger partial charge >= 0.3 is 5.97 Å². The van der Waals surface area contributed by atoms with Crippen LogP contribution in [-0.4, -0.2) is 64.3 Å². The Morgan fingerprint density at radius 2 is 1.66 bits per heavy atom. The molecule has 9 nitrogen and oxygen atoms in total. The average Bonchev–Trinajstić information content (AvgIpc) is 2.65. The van der Waals surface area contributed by atoms with Gasteiger partial charge in [0.1, 0.15) is 5.75 Å². The van der Waals surface area contributed by atoms with Crippen LogP contribution in [-0.2, 0) is 6.42 Å². The minimum atomic E-state index is -2.94. The van der Waals surface area contributed by atoms with Crippen LogP contribution >= 0.6 is 0 Å². The molecule has 6 N–H and O–H groups in total. The lowest BCUT2D eigenvalue weighted by Crippen LogP contribution is -2.57. The number of aryl methyl sites for hydroxylation is 1. The summed E-state index contributed by atoms with van der Waals surface area (Å²) in [5.41, 5.74) is 1.33. The van der Waals surface area contributed by atoms with Crippen molar-refractivity contribution in [3.8, 4) is 17.2 Å². The zero-order chi connectivity index (χ0) is 21.7. The number of aliphatic hydroxyl groups is 5. The van der Waals surface area contributed by atoms with E-state index in [4.69, 9.17) is 14.2 Å². The highest BCUT2D eigenvalue weighted by Crippen LogP contribution is 2.28. The number of aliphatic hydroxyl groups excluding tert-OH is 1. The van der Waals surface area contributed by atoms with Gasteiger partial charge in [-0.1, -0.05) is 18.2 Å². The third-order valence-electron chi connectivity index (χ3n) is 4.17. The summed E-state index contributed by atoms with van der Waals surface area (Å²) in [6.07, 6.45) is -2.16. The van der Waals surface area contributed by atoms with E-state index in [-0.39, 0.29) is 12.2 Å². The lowest BCUT2D eigenvalue weighted by Gasteiger charge is -2.30. The third kappa shape index (κ3) is 6.57. The van der Waals surface area contributed by atoms with Crippen molar-refractivity contribution in [2.45, 2.75) is 31.3 Å². The molecule has 0 fully saturated rings. The van der Waals surface area contributed by atoms with Gasteiger partial charge in [0, 0.05) is 13.0 Å². The summed E-state index contributed by atoms with van der Waals surface area (Å²) in [6, 6.07) is 11.3. The summed E-state index contributed by atoms with van der Waals surface area (Å²) >= 11 is 0. The normalized spacial score (nSPS) is 13.1. The number of benzene rings is 2. The number of hydrogen-bond acceptors (Lipinski definition) is 9. The first kappa shape index (κ1) is 22.9. The number of ether oxygens (including phenoxy) is 3. The van der Waals surface area contributed by atoms with Crippen molar-refractivity contribution >= 4 is 0 Å². The van der Waals surface area contributed by atoms with Gasteiger partial charge in [-0.05, 0) is 42.3 Å². The van der Waals surface area contributed by atoms with Crippen molar-refractivity contribution < 1.29 is 39.7 Å². The monoisotopic (exact) mass is 409 g/mol. The molecule has 0 aliphatic rings. The summed E-state index contributed by atoms with van der Waals surface area (Å²) in [6.45, 7) is 1.21. The summed E-state index contributed by atoms with van der Waals surface area (Å²) < 4.78 is 15.3. The van der Waals surface area contributed by atoms with Crippen LogP contribution in [0.2, 0.25) is 0 Å². The van der Waals surface area contributed by atoms with Gasteiger partial charge in [0.25, 0.3) is 0 Å². The van der Waals surface area contributed by atoms with Crippen molar-refractivity contribution in [3.05, 3.63) is 53.6 Å². The quantitative estimate of drug-likeness (QED) is 0.296. The largest absolute Gasteiger partial charge is 0.493 e. The second-order valence-electron chi connectivity index (χ2n) is 6.66. The number of methoxy groups -OCH3 is 2. The molecule has 0 aromatic heterocycles. The first-order chi connectivity index (χ1) is 13.6. The first-order valence-electron chi connectivity index (χ1n) is 8.85. The van der Waals surface area contributed by atoms with Gasteiger partial charge in [0.2, 0.25) is 5.91 Å². The molecule has 2 aromatic carbocycles. The molecule has 2 rings (SSSR count). The van der Waals surface area contributed by atoms with E-state index in [9.17, 15) is 25.5 Å². The Bertz CT molecular complexity index is 809. The second-order valence-corrected chi connectivity index (χ2v) is 6.66. The summed E-state index contributed by atoms with van der Waals surface area (Å²) in [4.78, 5) is 0. The van der Waals surface area contributed by atoms with Crippen molar-refractivity contribution in [1.82, 2.24) is 5.32 Å². The Balaban J connectivity index is 1.97. The highest BCUT2D eigenvalue weighted by molar-refractivity contribution is 5.43. The fraction of sp³-hybridized carbons (Fsp3) is 0.400. The molecule has 9 heteroatoms. The van der Waals surface area contributed by atoms with E-state index in [1.165, 1.54) is 20.3 Å². The zero-order valence-corrected chi connectivity index (χ0v) is 16.5. The standard InChI is InChI=1S/C20H27NO8/c1-13-5-4-6-15(9-13)29-20(25,26)18(22)12-21-19(23,24)11-14-7-8-16(27-2)17(10-14)28-3/h4-10,18,21-26H,11-12H2,1-3H3. The molecule has 1 atom stereocenters. The first-order valence-corrected chi connectivity index (χ1v) is 8.85. The highest BCUT2D eigenvalue weighted by atomic mass is 16.8. The van der Waals surface area contributed by atoms with Crippen LogP contribution in [0.15, 0.2) is 42.5 Å². The molecule has 1 unspecified atom stereocenters. The number of nitrogens with one attached hydrogen (secondary N) is 1. The molecular formula is C20H27NO8. The molecule has 0 spiro atoms. The van der Waals surface area contributed by atoms with E-state index in [1.807, 2.05) is 0 Å². The van der Waals surface area contributed by atoms with Crippen molar-refractivity contribution in [3.63, 3.8) is 0 Å². The highest BCUT2D eigenvalue weighted by Gasteiger charge is 2.38. The SMILES string of the molecule is COc1ccc(CC(O)(O)NCC(O)C(O)(O)Oc2cccc(C)c2)cc1OC. The van der Waals surface area contributed by atoms with Crippen molar-refractivity contribution in [2.75, 3.05) is 20.8 Å². The van der Waals surface area contributed by atoms with Gasteiger partial charge in [-0.15, -0.1) is 0 Å². The molecule has 0 aliphatic carbocycles. The maximum atomic E-state index is 10.2. The van der Waals surface area contributed by atoms with E-state index in [1.54, 1.807) is 43.3 Å². The van der Waals surface area contributed by atoms with Crippen molar-refractivity contribution in [2.24, 2.45) is 0 Å². The molecular weight excluding hydrogens is 382 g/mol. The summed E-state index contributed by atoms with van der Waals surface area (Å²) in [7, 11) is 2.94. The topological polar surface area (TPSA) is 141 Å². The van der Waals surface area contributed by atoms with Gasteiger partial charge in [0.15, 0.2) is 17.6 Å². The van der Waals surface area contributed by atoms with Gasteiger partial charge in [-0.25, -0.2) is 0 Å². The van der Waals surface area contributed by atoms with E-state index >= 15 is 0 Å². The third-order valence-corrected chi connectivity index (χ3v) is 4.17. The Morgan fingerprint density at radius 1 is 0.966 bits per heavy atom. The molecule has 0 aliphatic heterocycles. The molecule has 0 heterocycles. The molecule has 2 aromatic rings.